The molecule has 2 N–H and O–H groups in total. The fraction of sp³-hybridized carbons (Fsp3) is 0.360. The van der Waals surface area contributed by atoms with Crippen LogP contribution in [0.4, 0.5) is 4.79 Å². The van der Waals surface area contributed by atoms with E-state index in [4.69, 9.17) is 25.8 Å². The quantitative estimate of drug-likeness (QED) is 0.583. The van der Waals surface area contributed by atoms with E-state index in [9.17, 15) is 9.59 Å². The first kappa shape index (κ1) is 23.9. The molecule has 0 aliphatic carbocycles. The highest BCUT2D eigenvalue weighted by Gasteiger charge is 2.34. The first-order valence-corrected chi connectivity index (χ1v) is 11.5. The van der Waals surface area contributed by atoms with Gasteiger partial charge in [-0.05, 0) is 54.3 Å². The topological polar surface area (TPSA) is 89.1 Å². The number of carbonyl (C=O) groups excluding carboxylic acids is 2. The Labute approximate surface area is 203 Å². The Morgan fingerprint density at radius 2 is 1.79 bits per heavy atom. The number of benzene rings is 2. The Kier molecular flexibility index (Phi) is 7.29. The van der Waals surface area contributed by atoms with E-state index in [1.165, 1.54) is 5.56 Å². The third-order valence-corrected chi connectivity index (χ3v) is 6.28. The number of ether oxygens (including phenoxy) is 3. The minimum atomic E-state index is -0.638. The van der Waals surface area contributed by atoms with E-state index >= 15 is 0 Å². The number of amides is 2. The molecule has 2 aliphatic rings. The van der Waals surface area contributed by atoms with E-state index < -0.39 is 12.0 Å². The Morgan fingerprint density at radius 1 is 1.12 bits per heavy atom. The molecule has 2 heterocycles. The number of hydrogen-bond acceptors (Lipinski definition) is 6. The molecule has 2 amide bonds. The highest BCUT2D eigenvalue weighted by molar-refractivity contribution is 6.30. The zero-order valence-corrected chi connectivity index (χ0v) is 20.2. The van der Waals surface area contributed by atoms with E-state index in [1.807, 2.05) is 12.1 Å². The van der Waals surface area contributed by atoms with E-state index in [-0.39, 0.29) is 12.6 Å². The molecule has 0 aromatic heterocycles. The number of halogens is 1. The summed E-state index contributed by atoms with van der Waals surface area (Å²) in [5, 5.41) is 6.27. The lowest BCUT2D eigenvalue weighted by Crippen LogP contribution is -2.49. The number of carbonyl (C=O) groups is 2. The minimum Gasteiger partial charge on any atom is -0.493 e. The minimum absolute atomic E-state index is 0.232. The number of rotatable bonds is 7. The smallest absolute Gasteiger partial charge is 0.338 e. The molecule has 34 heavy (non-hydrogen) atoms. The standard InChI is InChI=1S/C25H28ClN3O5/c1-4-34-24(30)22-19(27-25(31)28-23(22)15-5-7-18(26)8-6-15)14-29-10-9-16-11-20(32-2)21(33-3)12-17(16)13-29/h5-8,11-12,23H,4,9-10,13-14H2,1-3H3,(H2,27,28,31)/t23-/m0/s1. The Balaban J connectivity index is 1.66. The van der Waals surface area contributed by atoms with Gasteiger partial charge >= 0.3 is 12.0 Å². The molecule has 2 aromatic carbocycles. The lowest BCUT2D eigenvalue weighted by Gasteiger charge is -2.34. The first-order valence-electron chi connectivity index (χ1n) is 11.1. The highest BCUT2D eigenvalue weighted by atomic mass is 35.5. The maximum Gasteiger partial charge on any atom is 0.338 e. The van der Waals surface area contributed by atoms with Crippen LogP contribution in [-0.2, 0) is 22.5 Å². The molecule has 0 saturated heterocycles. The predicted octanol–water partition coefficient (Wildman–Crippen LogP) is 3.59. The van der Waals surface area contributed by atoms with Crippen LogP contribution in [0.3, 0.4) is 0 Å². The van der Waals surface area contributed by atoms with Gasteiger partial charge in [-0.25, -0.2) is 9.59 Å². The van der Waals surface area contributed by atoms with Crippen LogP contribution >= 0.6 is 11.6 Å². The molecule has 0 bridgehead atoms. The van der Waals surface area contributed by atoms with E-state index in [0.717, 1.165) is 24.1 Å². The molecule has 9 heteroatoms. The summed E-state index contributed by atoms with van der Waals surface area (Å²) >= 11 is 6.04. The van der Waals surface area contributed by atoms with E-state index in [2.05, 4.69) is 15.5 Å². The molecule has 0 unspecified atom stereocenters. The Morgan fingerprint density at radius 3 is 2.44 bits per heavy atom. The average molecular weight is 486 g/mol. The number of fused-ring (bicyclic) bond motifs is 1. The van der Waals surface area contributed by atoms with Gasteiger partial charge in [0.1, 0.15) is 0 Å². The average Bonchev–Trinajstić information content (AvgIpc) is 2.83. The zero-order valence-electron chi connectivity index (χ0n) is 19.4. The SMILES string of the molecule is CCOC(=O)C1=C(CN2CCc3cc(OC)c(OC)cc3C2)NC(=O)N[C@H]1c1ccc(Cl)cc1. The van der Waals surface area contributed by atoms with Crippen LogP contribution in [0.1, 0.15) is 29.7 Å². The Bertz CT molecular complexity index is 1120. The summed E-state index contributed by atoms with van der Waals surface area (Å²) < 4.78 is 16.2. The molecule has 0 spiro atoms. The van der Waals surface area contributed by atoms with Crippen molar-refractivity contribution in [3.8, 4) is 11.5 Å². The third-order valence-electron chi connectivity index (χ3n) is 6.03. The second-order valence-corrected chi connectivity index (χ2v) is 8.57. The van der Waals surface area contributed by atoms with Crippen LogP contribution < -0.4 is 20.1 Å². The molecule has 0 fully saturated rings. The summed E-state index contributed by atoms with van der Waals surface area (Å²) in [5.74, 6) is 0.916. The number of hydrogen-bond donors (Lipinski definition) is 2. The van der Waals surface area contributed by atoms with Gasteiger partial charge in [0.25, 0.3) is 0 Å². The van der Waals surface area contributed by atoms with Crippen LogP contribution in [0.25, 0.3) is 0 Å². The molecular weight excluding hydrogens is 458 g/mol. The largest absolute Gasteiger partial charge is 0.493 e. The van der Waals surface area contributed by atoms with Gasteiger partial charge in [-0.15, -0.1) is 0 Å². The van der Waals surface area contributed by atoms with Crippen molar-refractivity contribution in [1.82, 2.24) is 15.5 Å². The van der Waals surface area contributed by atoms with Crippen LogP contribution in [0, 0.1) is 0 Å². The van der Waals surface area contributed by atoms with Gasteiger partial charge in [-0.2, -0.15) is 0 Å². The molecule has 0 radical (unpaired) electrons. The summed E-state index contributed by atoms with van der Waals surface area (Å²) in [7, 11) is 3.24. The molecule has 0 saturated carbocycles. The van der Waals surface area contributed by atoms with Crippen molar-refractivity contribution in [1.29, 1.82) is 0 Å². The van der Waals surface area contributed by atoms with Gasteiger partial charge in [0.15, 0.2) is 11.5 Å². The lowest BCUT2D eigenvalue weighted by molar-refractivity contribution is -0.139. The van der Waals surface area contributed by atoms with Crippen LogP contribution in [0.5, 0.6) is 11.5 Å². The number of methoxy groups -OCH3 is 2. The normalized spacial score (nSPS) is 18.0. The van der Waals surface area contributed by atoms with Crippen molar-refractivity contribution in [3.63, 3.8) is 0 Å². The van der Waals surface area contributed by atoms with E-state index in [0.29, 0.717) is 40.9 Å². The van der Waals surface area contributed by atoms with Crippen molar-refractivity contribution in [2.75, 3.05) is 33.9 Å². The zero-order chi connectivity index (χ0) is 24.2. The van der Waals surface area contributed by atoms with Gasteiger partial charge in [-0.1, -0.05) is 23.7 Å². The molecule has 2 aromatic rings. The second kappa shape index (κ2) is 10.4. The molecular formula is C25H28ClN3O5. The fourth-order valence-electron chi connectivity index (χ4n) is 4.40. The maximum atomic E-state index is 13.0. The molecule has 8 nitrogen and oxygen atoms in total. The van der Waals surface area contributed by atoms with Crippen LogP contribution in [-0.4, -0.2) is 50.8 Å². The number of nitrogens with one attached hydrogen (secondary N) is 2. The summed E-state index contributed by atoms with van der Waals surface area (Å²) in [6, 6.07) is 10.1. The number of nitrogens with zero attached hydrogens (tertiary/aromatic N) is 1. The first-order chi connectivity index (χ1) is 16.4. The summed E-state index contributed by atoms with van der Waals surface area (Å²) in [6.45, 7) is 3.78. The molecule has 4 rings (SSSR count). The number of esters is 1. The molecule has 2 aliphatic heterocycles. The Hall–Kier alpha value is -3.23. The van der Waals surface area contributed by atoms with Crippen molar-refractivity contribution >= 4 is 23.6 Å². The van der Waals surface area contributed by atoms with Gasteiger partial charge in [0.05, 0.1) is 32.4 Å². The lowest BCUT2D eigenvalue weighted by atomic mass is 9.94. The highest BCUT2D eigenvalue weighted by Crippen LogP contribution is 2.34. The van der Waals surface area contributed by atoms with Crippen LogP contribution in [0.2, 0.25) is 5.02 Å². The molecule has 1 atom stereocenters. The summed E-state index contributed by atoms with van der Waals surface area (Å²) in [4.78, 5) is 27.8. The summed E-state index contributed by atoms with van der Waals surface area (Å²) in [6.07, 6.45) is 0.810. The number of urea groups is 1. The van der Waals surface area contributed by atoms with Gasteiger partial charge < -0.3 is 24.8 Å². The van der Waals surface area contributed by atoms with E-state index in [1.54, 1.807) is 45.4 Å². The maximum absolute atomic E-state index is 13.0. The summed E-state index contributed by atoms with van der Waals surface area (Å²) in [5.41, 5.74) is 3.99. The fourth-order valence-corrected chi connectivity index (χ4v) is 4.52. The third kappa shape index (κ3) is 4.98. The monoisotopic (exact) mass is 485 g/mol. The molecule has 180 valence electrons. The van der Waals surface area contributed by atoms with Crippen LogP contribution in [0.15, 0.2) is 47.7 Å². The predicted molar refractivity (Wildman–Crippen MR) is 128 cm³/mol. The second-order valence-electron chi connectivity index (χ2n) is 8.13. The van der Waals surface area contributed by atoms with Crippen molar-refractivity contribution < 1.29 is 23.8 Å². The van der Waals surface area contributed by atoms with Gasteiger partial charge in [0, 0.05) is 30.4 Å². The van der Waals surface area contributed by atoms with Gasteiger partial charge in [-0.3, -0.25) is 4.90 Å². The van der Waals surface area contributed by atoms with Crippen molar-refractivity contribution in [3.05, 3.63) is 69.4 Å². The van der Waals surface area contributed by atoms with Crippen molar-refractivity contribution in [2.45, 2.75) is 25.9 Å². The van der Waals surface area contributed by atoms with Crippen molar-refractivity contribution in [2.24, 2.45) is 0 Å². The van der Waals surface area contributed by atoms with Gasteiger partial charge in [0.2, 0.25) is 0 Å².